The number of sulfonamides is 1. The molecule has 0 unspecified atom stereocenters. The molecule has 3 aromatic rings. The van der Waals surface area contributed by atoms with E-state index in [0.29, 0.717) is 30.1 Å². The number of aliphatic hydroxyl groups excluding tert-OH is 1. The van der Waals surface area contributed by atoms with Crippen LogP contribution in [0.2, 0.25) is 0 Å². The first-order valence-corrected chi connectivity index (χ1v) is 15.1. The molecule has 214 valence electrons. The first-order chi connectivity index (χ1) is 19.1. The van der Waals surface area contributed by atoms with Crippen molar-refractivity contribution in [3.05, 3.63) is 89.5 Å². The maximum Gasteiger partial charge on any atom is 0.261 e. The number of anilines is 1. The van der Waals surface area contributed by atoms with Crippen LogP contribution in [0, 0.1) is 12.8 Å². The highest BCUT2D eigenvalue weighted by molar-refractivity contribution is 7.92. The van der Waals surface area contributed by atoms with Crippen molar-refractivity contribution >= 4 is 21.6 Å². The van der Waals surface area contributed by atoms with E-state index in [9.17, 15) is 18.3 Å². The van der Waals surface area contributed by atoms with Crippen LogP contribution >= 0.6 is 0 Å². The number of carbonyl (C=O) groups excluding carboxylic acids is 1. The second-order valence-corrected chi connectivity index (χ2v) is 12.5. The monoisotopic (exact) mass is 565 g/mol. The van der Waals surface area contributed by atoms with Crippen molar-refractivity contribution in [3.8, 4) is 5.75 Å². The van der Waals surface area contributed by atoms with Gasteiger partial charge >= 0.3 is 0 Å². The summed E-state index contributed by atoms with van der Waals surface area (Å²) >= 11 is 0. The highest BCUT2D eigenvalue weighted by Crippen LogP contribution is 2.30. The standard InChI is InChI=1S/C31H39N3O5S/c1-22-10-13-28(14-11-22)40(37,38)32-27-12-15-29-26(16-27)17-31(36)34(24(3)21-35)18-23(2)30(39-29)20-33(4)19-25-8-6-5-7-9-25/h5-16,23-24,30,32,35H,17-21H2,1-4H3/t23-,24+,30-/m1/s1. The molecule has 0 radical (unpaired) electrons. The topological polar surface area (TPSA) is 99.2 Å². The molecule has 9 heteroatoms. The Bertz CT molecular complexity index is 1400. The maximum absolute atomic E-state index is 13.5. The highest BCUT2D eigenvalue weighted by atomic mass is 32.2. The molecule has 0 aromatic heterocycles. The minimum atomic E-state index is -3.81. The summed E-state index contributed by atoms with van der Waals surface area (Å²) in [5.74, 6) is 0.381. The van der Waals surface area contributed by atoms with Crippen molar-refractivity contribution in [1.29, 1.82) is 0 Å². The number of benzene rings is 3. The molecule has 0 fully saturated rings. The molecular weight excluding hydrogens is 526 g/mol. The van der Waals surface area contributed by atoms with Gasteiger partial charge in [0.15, 0.2) is 0 Å². The predicted octanol–water partition coefficient (Wildman–Crippen LogP) is 4.08. The summed E-state index contributed by atoms with van der Waals surface area (Å²) in [5.41, 5.74) is 3.10. The molecule has 0 saturated carbocycles. The molecule has 0 aliphatic carbocycles. The zero-order chi connectivity index (χ0) is 28.9. The van der Waals surface area contributed by atoms with Gasteiger partial charge in [0, 0.05) is 36.8 Å². The van der Waals surface area contributed by atoms with Crippen LogP contribution in [0.4, 0.5) is 5.69 Å². The van der Waals surface area contributed by atoms with Gasteiger partial charge in [-0.2, -0.15) is 0 Å². The fourth-order valence-electron chi connectivity index (χ4n) is 4.91. The fraction of sp³-hybridized carbons (Fsp3) is 0.387. The van der Waals surface area contributed by atoms with Gasteiger partial charge in [0.25, 0.3) is 10.0 Å². The van der Waals surface area contributed by atoms with Crippen LogP contribution in [0.25, 0.3) is 0 Å². The van der Waals surface area contributed by atoms with Gasteiger partial charge in [-0.15, -0.1) is 0 Å². The largest absolute Gasteiger partial charge is 0.488 e. The average Bonchev–Trinajstić information content (AvgIpc) is 2.96. The Kier molecular flexibility index (Phi) is 9.50. The van der Waals surface area contributed by atoms with Gasteiger partial charge in [0.1, 0.15) is 11.9 Å². The average molecular weight is 566 g/mol. The molecule has 2 N–H and O–H groups in total. The van der Waals surface area contributed by atoms with Crippen molar-refractivity contribution in [2.45, 2.75) is 50.8 Å². The molecular formula is C31H39N3O5S. The number of amides is 1. The summed E-state index contributed by atoms with van der Waals surface area (Å²) in [4.78, 5) is 17.5. The Hall–Kier alpha value is -3.40. The van der Waals surface area contributed by atoms with E-state index in [0.717, 1.165) is 12.1 Å². The van der Waals surface area contributed by atoms with Gasteiger partial charge in [0.05, 0.1) is 24.0 Å². The number of hydrogen-bond donors (Lipinski definition) is 2. The Morgan fingerprint density at radius 2 is 1.80 bits per heavy atom. The minimum Gasteiger partial charge on any atom is -0.488 e. The van der Waals surface area contributed by atoms with Crippen LogP contribution in [0.5, 0.6) is 5.75 Å². The third kappa shape index (κ3) is 7.41. The number of carbonyl (C=O) groups is 1. The van der Waals surface area contributed by atoms with Gasteiger partial charge in [-0.25, -0.2) is 8.42 Å². The molecule has 1 amide bonds. The Balaban J connectivity index is 1.63. The second-order valence-electron chi connectivity index (χ2n) is 10.8. The normalized spacial score (nSPS) is 18.8. The van der Waals surface area contributed by atoms with Gasteiger partial charge in [-0.3, -0.25) is 14.4 Å². The molecule has 0 saturated heterocycles. The number of nitrogens with one attached hydrogen (secondary N) is 1. The van der Waals surface area contributed by atoms with E-state index in [1.54, 1.807) is 47.4 Å². The van der Waals surface area contributed by atoms with E-state index >= 15 is 0 Å². The zero-order valence-electron chi connectivity index (χ0n) is 23.6. The van der Waals surface area contributed by atoms with Crippen molar-refractivity contribution < 1.29 is 23.1 Å². The van der Waals surface area contributed by atoms with Crippen molar-refractivity contribution in [3.63, 3.8) is 0 Å². The Morgan fingerprint density at radius 3 is 2.48 bits per heavy atom. The molecule has 1 aliphatic heterocycles. The molecule has 4 rings (SSSR count). The first-order valence-electron chi connectivity index (χ1n) is 13.6. The number of ether oxygens (including phenoxy) is 1. The lowest BCUT2D eigenvalue weighted by Gasteiger charge is -2.34. The van der Waals surface area contributed by atoms with E-state index < -0.39 is 10.0 Å². The number of hydrogen-bond acceptors (Lipinski definition) is 6. The second kappa shape index (κ2) is 12.8. The number of aryl methyl sites for hydroxylation is 1. The summed E-state index contributed by atoms with van der Waals surface area (Å²) in [6.07, 6.45) is -0.221. The van der Waals surface area contributed by atoms with E-state index in [2.05, 4.69) is 28.7 Å². The molecule has 40 heavy (non-hydrogen) atoms. The third-order valence-electron chi connectivity index (χ3n) is 7.29. The van der Waals surface area contributed by atoms with Crippen molar-refractivity contribution in [2.24, 2.45) is 5.92 Å². The van der Waals surface area contributed by atoms with Crippen LogP contribution in [0.15, 0.2) is 77.7 Å². The summed E-state index contributed by atoms with van der Waals surface area (Å²) in [6, 6.07) is 21.5. The van der Waals surface area contributed by atoms with Gasteiger partial charge in [-0.05, 0) is 56.8 Å². The van der Waals surface area contributed by atoms with Gasteiger partial charge < -0.3 is 14.7 Å². The Morgan fingerprint density at radius 1 is 1.10 bits per heavy atom. The van der Waals surface area contributed by atoms with Gasteiger partial charge in [-0.1, -0.05) is 55.0 Å². The van der Waals surface area contributed by atoms with Crippen LogP contribution in [0.1, 0.15) is 30.5 Å². The van der Waals surface area contributed by atoms with Crippen molar-refractivity contribution in [1.82, 2.24) is 9.80 Å². The predicted molar refractivity (Wildman–Crippen MR) is 157 cm³/mol. The Labute approximate surface area is 237 Å². The number of aliphatic hydroxyl groups is 1. The van der Waals surface area contributed by atoms with E-state index in [-0.39, 0.29) is 41.9 Å². The quantitative estimate of drug-likeness (QED) is 0.406. The maximum atomic E-state index is 13.5. The fourth-order valence-corrected chi connectivity index (χ4v) is 5.96. The van der Waals surface area contributed by atoms with E-state index in [4.69, 9.17) is 4.74 Å². The number of fused-ring (bicyclic) bond motifs is 1. The lowest BCUT2D eigenvalue weighted by Crippen LogP contribution is -2.47. The summed E-state index contributed by atoms with van der Waals surface area (Å²) in [5, 5.41) is 9.88. The van der Waals surface area contributed by atoms with Crippen LogP contribution in [-0.4, -0.2) is 68.1 Å². The number of likely N-dealkylation sites (N-methyl/N-ethyl adjacent to an activating group) is 1. The first kappa shape index (κ1) is 29.6. The highest BCUT2D eigenvalue weighted by Gasteiger charge is 2.31. The SMILES string of the molecule is Cc1ccc(S(=O)(=O)Nc2ccc3c(c2)CC(=O)N([C@@H](C)CO)C[C@@H](C)[C@@H](CN(C)Cc2ccccc2)O3)cc1. The molecule has 3 atom stereocenters. The molecule has 8 nitrogen and oxygen atoms in total. The molecule has 0 bridgehead atoms. The summed E-state index contributed by atoms with van der Waals surface area (Å²) in [7, 11) is -1.77. The third-order valence-corrected chi connectivity index (χ3v) is 8.68. The molecule has 3 aromatic carbocycles. The number of nitrogens with zero attached hydrogens (tertiary/aromatic N) is 2. The van der Waals surface area contributed by atoms with Crippen LogP contribution < -0.4 is 9.46 Å². The van der Waals surface area contributed by atoms with E-state index in [1.165, 1.54) is 5.56 Å². The smallest absolute Gasteiger partial charge is 0.261 e. The van der Waals surface area contributed by atoms with Crippen LogP contribution in [0.3, 0.4) is 0 Å². The summed E-state index contributed by atoms with van der Waals surface area (Å²) < 4.78 is 35.2. The minimum absolute atomic E-state index is 0.0261. The van der Waals surface area contributed by atoms with Crippen molar-refractivity contribution in [2.75, 3.05) is 31.5 Å². The number of rotatable bonds is 9. The molecule has 0 spiro atoms. The van der Waals surface area contributed by atoms with Gasteiger partial charge in [0.2, 0.25) is 5.91 Å². The molecule has 1 heterocycles. The lowest BCUT2D eigenvalue weighted by molar-refractivity contribution is -0.134. The lowest BCUT2D eigenvalue weighted by atomic mass is 10.0. The van der Waals surface area contributed by atoms with E-state index in [1.807, 2.05) is 39.1 Å². The zero-order valence-corrected chi connectivity index (χ0v) is 24.4. The van der Waals surface area contributed by atoms with Crippen LogP contribution in [-0.2, 0) is 27.8 Å². The summed E-state index contributed by atoms with van der Waals surface area (Å²) in [6.45, 7) is 7.43. The molecule has 1 aliphatic rings.